The minimum Gasteiger partial charge on any atom is -0.398 e. The number of anilines is 1. The molecule has 0 saturated carbocycles. The zero-order chi connectivity index (χ0) is 14.6. The fraction of sp³-hybridized carbons (Fsp3) is 0.429. The van der Waals surface area contributed by atoms with Gasteiger partial charge in [0.15, 0.2) is 0 Å². The molecule has 0 atom stereocenters. The SMILES string of the molecule is C#CCCCNS(=O)(=O)c1c(C)c(C)cc(N)c1C. The smallest absolute Gasteiger partial charge is 0.241 e. The Morgan fingerprint density at radius 1 is 1.32 bits per heavy atom. The van der Waals surface area contributed by atoms with Gasteiger partial charge >= 0.3 is 0 Å². The van der Waals surface area contributed by atoms with Crippen LogP contribution in [0, 0.1) is 33.1 Å². The first-order valence-corrected chi connectivity index (χ1v) is 7.59. The summed E-state index contributed by atoms with van der Waals surface area (Å²) in [6.07, 6.45) is 6.31. The molecule has 0 unspecified atom stereocenters. The Hall–Kier alpha value is -1.51. The van der Waals surface area contributed by atoms with E-state index in [4.69, 9.17) is 12.2 Å². The molecule has 0 aliphatic carbocycles. The maximum atomic E-state index is 12.3. The summed E-state index contributed by atoms with van der Waals surface area (Å²) in [5, 5.41) is 0. The molecule has 0 spiro atoms. The molecule has 19 heavy (non-hydrogen) atoms. The van der Waals surface area contributed by atoms with E-state index in [9.17, 15) is 8.42 Å². The number of nitrogens with one attached hydrogen (secondary N) is 1. The van der Waals surface area contributed by atoms with Crippen LogP contribution in [0.3, 0.4) is 0 Å². The molecule has 4 nitrogen and oxygen atoms in total. The van der Waals surface area contributed by atoms with Crippen molar-refractivity contribution in [3.63, 3.8) is 0 Å². The summed E-state index contributed by atoms with van der Waals surface area (Å²) in [5.41, 5.74) is 8.53. The Balaban J connectivity index is 3.12. The van der Waals surface area contributed by atoms with Crippen LogP contribution in [0.15, 0.2) is 11.0 Å². The Morgan fingerprint density at radius 3 is 2.53 bits per heavy atom. The van der Waals surface area contributed by atoms with E-state index in [1.54, 1.807) is 19.9 Å². The van der Waals surface area contributed by atoms with Crippen molar-refractivity contribution in [2.45, 2.75) is 38.5 Å². The topological polar surface area (TPSA) is 72.2 Å². The van der Waals surface area contributed by atoms with Crippen LogP contribution in [0.2, 0.25) is 0 Å². The fourth-order valence-corrected chi connectivity index (χ4v) is 3.56. The third kappa shape index (κ3) is 3.49. The zero-order valence-electron chi connectivity index (χ0n) is 11.6. The molecule has 0 amide bonds. The highest BCUT2D eigenvalue weighted by Gasteiger charge is 2.21. The molecule has 1 aromatic rings. The lowest BCUT2D eigenvalue weighted by molar-refractivity contribution is 0.578. The maximum Gasteiger partial charge on any atom is 0.241 e. The van der Waals surface area contributed by atoms with E-state index in [2.05, 4.69) is 10.6 Å². The molecule has 0 bridgehead atoms. The summed E-state index contributed by atoms with van der Waals surface area (Å²) >= 11 is 0. The molecule has 0 aliphatic heterocycles. The molecule has 1 aromatic carbocycles. The number of hydrogen-bond donors (Lipinski definition) is 2. The molecule has 0 heterocycles. The number of benzene rings is 1. The van der Waals surface area contributed by atoms with Crippen molar-refractivity contribution < 1.29 is 8.42 Å². The van der Waals surface area contributed by atoms with Crippen molar-refractivity contribution >= 4 is 15.7 Å². The number of terminal acetylenes is 1. The molecule has 0 fully saturated rings. The predicted molar refractivity (Wildman–Crippen MR) is 78.3 cm³/mol. The van der Waals surface area contributed by atoms with Gasteiger partial charge in [-0.05, 0) is 49.9 Å². The lowest BCUT2D eigenvalue weighted by Gasteiger charge is -2.15. The van der Waals surface area contributed by atoms with Gasteiger partial charge in [-0.15, -0.1) is 12.3 Å². The lowest BCUT2D eigenvalue weighted by atomic mass is 10.1. The van der Waals surface area contributed by atoms with Gasteiger partial charge in [0.2, 0.25) is 10.0 Å². The molecule has 3 N–H and O–H groups in total. The quantitative estimate of drug-likeness (QED) is 0.491. The molecular formula is C14H20N2O2S. The number of sulfonamides is 1. The minimum atomic E-state index is -3.55. The van der Waals surface area contributed by atoms with Crippen molar-refractivity contribution in [2.75, 3.05) is 12.3 Å². The van der Waals surface area contributed by atoms with Crippen LogP contribution in [-0.2, 0) is 10.0 Å². The summed E-state index contributed by atoms with van der Waals surface area (Å²) < 4.78 is 27.2. The second kappa shape index (κ2) is 6.09. The van der Waals surface area contributed by atoms with Crippen molar-refractivity contribution in [3.05, 3.63) is 22.8 Å². The third-order valence-corrected chi connectivity index (χ3v) is 4.87. The number of nitrogens with two attached hydrogens (primary N) is 1. The van der Waals surface area contributed by atoms with Crippen molar-refractivity contribution in [1.82, 2.24) is 4.72 Å². The van der Waals surface area contributed by atoms with Crippen LogP contribution >= 0.6 is 0 Å². The summed E-state index contributed by atoms with van der Waals surface area (Å²) in [6, 6.07) is 1.79. The van der Waals surface area contributed by atoms with E-state index < -0.39 is 10.0 Å². The Kier molecular flexibility index (Phi) is 4.98. The van der Waals surface area contributed by atoms with Crippen LogP contribution in [0.5, 0.6) is 0 Å². The van der Waals surface area contributed by atoms with Crippen LogP contribution in [-0.4, -0.2) is 15.0 Å². The van der Waals surface area contributed by atoms with E-state index in [0.29, 0.717) is 30.6 Å². The van der Waals surface area contributed by atoms with Gasteiger partial charge in [0.05, 0.1) is 4.90 Å². The first-order chi connectivity index (χ1) is 8.81. The van der Waals surface area contributed by atoms with E-state index >= 15 is 0 Å². The van der Waals surface area contributed by atoms with Gasteiger partial charge in [-0.1, -0.05) is 0 Å². The van der Waals surface area contributed by atoms with E-state index in [1.807, 2.05) is 6.92 Å². The normalized spacial score (nSPS) is 11.3. The average Bonchev–Trinajstić information content (AvgIpc) is 2.32. The van der Waals surface area contributed by atoms with Crippen molar-refractivity contribution in [2.24, 2.45) is 0 Å². The zero-order valence-corrected chi connectivity index (χ0v) is 12.4. The second-order valence-electron chi connectivity index (χ2n) is 4.57. The van der Waals surface area contributed by atoms with Crippen molar-refractivity contribution in [3.8, 4) is 12.3 Å². The standard InChI is InChI=1S/C14H20N2O2S/c1-5-6-7-8-16-19(17,18)14-11(3)10(2)9-13(15)12(14)4/h1,9,16H,6-8,15H2,2-4H3. The van der Waals surface area contributed by atoms with Gasteiger partial charge in [-0.2, -0.15) is 0 Å². The average molecular weight is 280 g/mol. The maximum absolute atomic E-state index is 12.3. The van der Waals surface area contributed by atoms with Crippen LogP contribution in [0.1, 0.15) is 29.5 Å². The summed E-state index contributed by atoms with van der Waals surface area (Å²) in [4.78, 5) is 0.283. The number of hydrogen-bond acceptors (Lipinski definition) is 3. The van der Waals surface area contributed by atoms with Gasteiger partial charge in [-0.3, -0.25) is 0 Å². The van der Waals surface area contributed by atoms with Crippen LogP contribution in [0.4, 0.5) is 5.69 Å². The monoisotopic (exact) mass is 280 g/mol. The molecule has 0 aromatic heterocycles. The number of aryl methyl sites for hydroxylation is 1. The highest BCUT2D eigenvalue weighted by molar-refractivity contribution is 7.89. The number of rotatable bonds is 5. The van der Waals surface area contributed by atoms with Crippen molar-refractivity contribution in [1.29, 1.82) is 0 Å². The summed E-state index contributed by atoms with van der Waals surface area (Å²) in [5.74, 6) is 2.48. The molecule has 0 radical (unpaired) electrons. The first kappa shape index (κ1) is 15.5. The highest BCUT2D eigenvalue weighted by atomic mass is 32.2. The number of nitrogen functional groups attached to an aromatic ring is 1. The van der Waals surface area contributed by atoms with Crippen LogP contribution in [0.25, 0.3) is 0 Å². The van der Waals surface area contributed by atoms with Gasteiger partial charge in [-0.25, -0.2) is 13.1 Å². The van der Waals surface area contributed by atoms with Gasteiger partial charge in [0, 0.05) is 18.7 Å². The molecule has 0 saturated heterocycles. The fourth-order valence-electron chi connectivity index (χ4n) is 1.91. The van der Waals surface area contributed by atoms with Gasteiger partial charge in [0.25, 0.3) is 0 Å². The van der Waals surface area contributed by atoms with E-state index in [0.717, 1.165) is 11.1 Å². The lowest BCUT2D eigenvalue weighted by Crippen LogP contribution is -2.26. The highest BCUT2D eigenvalue weighted by Crippen LogP contribution is 2.27. The van der Waals surface area contributed by atoms with E-state index in [-0.39, 0.29) is 4.90 Å². The Labute approximate surface area is 115 Å². The Morgan fingerprint density at radius 2 is 1.95 bits per heavy atom. The summed E-state index contributed by atoms with van der Waals surface area (Å²) in [6.45, 7) is 5.69. The van der Waals surface area contributed by atoms with Gasteiger partial charge in [0.1, 0.15) is 0 Å². The molecule has 1 rings (SSSR count). The summed E-state index contributed by atoms with van der Waals surface area (Å²) in [7, 11) is -3.55. The van der Waals surface area contributed by atoms with Crippen LogP contribution < -0.4 is 10.5 Å². The number of unbranched alkanes of at least 4 members (excludes halogenated alkanes) is 1. The third-order valence-electron chi connectivity index (χ3n) is 3.14. The molecular weight excluding hydrogens is 260 g/mol. The first-order valence-electron chi connectivity index (χ1n) is 6.10. The molecule has 5 heteroatoms. The second-order valence-corrected chi connectivity index (χ2v) is 6.27. The largest absolute Gasteiger partial charge is 0.398 e. The molecule has 104 valence electrons. The predicted octanol–water partition coefficient (Wildman–Crippen LogP) is 1.89. The van der Waals surface area contributed by atoms with Gasteiger partial charge < -0.3 is 5.73 Å². The van der Waals surface area contributed by atoms with E-state index in [1.165, 1.54) is 0 Å². The Bertz CT molecular complexity index is 587. The molecule has 0 aliphatic rings. The minimum absolute atomic E-state index is 0.283.